The number of sulfonamides is 1. The van der Waals surface area contributed by atoms with E-state index in [-0.39, 0.29) is 18.0 Å². The molecule has 0 radical (unpaired) electrons. The third-order valence-corrected chi connectivity index (χ3v) is 6.75. The second-order valence-corrected chi connectivity index (χ2v) is 9.84. The topological polar surface area (TPSA) is 69.7 Å². The van der Waals surface area contributed by atoms with Crippen LogP contribution >= 0.6 is 0 Å². The Balaban J connectivity index is 1.67. The van der Waals surface area contributed by atoms with Gasteiger partial charge in [-0.1, -0.05) is 30.3 Å². The lowest BCUT2D eigenvalue weighted by molar-refractivity contribution is 0.0951. The van der Waals surface area contributed by atoms with Gasteiger partial charge >= 0.3 is 0 Å². The zero-order valence-electron chi connectivity index (χ0n) is 19.7. The molecule has 0 aliphatic heterocycles. The quantitative estimate of drug-likeness (QED) is 0.459. The smallest absolute Gasteiger partial charge is 0.251 e. The van der Waals surface area contributed by atoms with Crippen LogP contribution in [0.25, 0.3) is 0 Å². The van der Waals surface area contributed by atoms with E-state index >= 15 is 0 Å². The lowest BCUT2D eigenvalue weighted by Gasteiger charge is -2.23. The van der Waals surface area contributed by atoms with Crippen LogP contribution in [0.3, 0.4) is 0 Å². The summed E-state index contributed by atoms with van der Waals surface area (Å²) in [5.41, 5.74) is 3.15. The van der Waals surface area contributed by atoms with Crippen molar-refractivity contribution < 1.29 is 17.6 Å². The van der Waals surface area contributed by atoms with Crippen molar-refractivity contribution >= 4 is 27.3 Å². The molecule has 0 atom stereocenters. The van der Waals surface area contributed by atoms with E-state index in [2.05, 4.69) is 24.1 Å². The number of nitrogens with zero attached hydrogens (tertiary/aromatic N) is 2. The Morgan fingerprint density at radius 2 is 1.47 bits per heavy atom. The van der Waals surface area contributed by atoms with Crippen LogP contribution in [0.5, 0.6) is 0 Å². The van der Waals surface area contributed by atoms with Gasteiger partial charge in [0.2, 0.25) is 10.0 Å². The third kappa shape index (κ3) is 6.35. The molecule has 0 aliphatic carbocycles. The first-order valence-corrected chi connectivity index (χ1v) is 13.0. The maximum atomic E-state index is 14.1. The van der Waals surface area contributed by atoms with Crippen molar-refractivity contribution in [3.05, 3.63) is 95.3 Å². The minimum Gasteiger partial charge on any atom is -0.372 e. The molecule has 3 rings (SSSR count). The number of hydrogen-bond acceptors (Lipinski definition) is 4. The third-order valence-electron chi connectivity index (χ3n) is 5.61. The number of anilines is 2. The highest BCUT2D eigenvalue weighted by atomic mass is 32.2. The number of amides is 1. The number of nitrogens with one attached hydrogen (secondary N) is 1. The van der Waals surface area contributed by atoms with Crippen molar-refractivity contribution in [1.29, 1.82) is 0 Å². The number of rotatable bonds is 10. The van der Waals surface area contributed by atoms with Gasteiger partial charge in [0, 0.05) is 36.4 Å². The van der Waals surface area contributed by atoms with Gasteiger partial charge in [-0.05, 0) is 61.9 Å². The molecule has 3 aromatic rings. The minimum atomic E-state index is -3.66. The molecular weight excluding hydrogens is 453 g/mol. The average Bonchev–Trinajstić information content (AvgIpc) is 2.83. The van der Waals surface area contributed by atoms with Gasteiger partial charge < -0.3 is 10.2 Å². The van der Waals surface area contributed by atoms with Crippen LogP contribution in [-0.4, -0.2) is 33.7 Å². The van der Waals surface area contributed by atoms with Crippen LogP contribution in [0.15, 0.2) is 72.8 Å². The van der Waals surface area contributed by atoms with E-state index in [4.69, 9.17) is 0 Å². The summed E-state index contributed by atoms with van der Waals surface area (Å²) in [6.45, 7) is 6.32. The van der Waals surface area contributed by atoms with Crippen molar-refractivity contribution in [2.75, 3.05) is 28.6 Å². The van der Waals surface area contributed by atoms with E-state index in [9.17, 15) is 17.6 Å². The molecule has 0 saturated heterocycles. The molecule has 0 spiro atoms. The molecule has 3 aromatic carbocycles. The monoisotopic (exact) mass is 483 g/mol. The van der Waals surface area contributed by atoms with Crippen molar-refractivity contribution in [3.8, 4) is 0 Å². The van der Waals surface area contributed by atoms with Gasteiger partial charge in [-0.25, -0.2) is 12.8 Å². The first-order valence-electron chi connectivity index (χ1n) is 11.2. The molecule has 6 nitrogen and oxygen atoms in total. The highest BCUT2D eigenvalue weighted by Crippen LogP contribution is 2.22. The predicted molar refractivity (Wildman–Crippen MR) is 135 cm³/mol. The molecule has 34 heavy (non-hydrogen) atoms. The van der Waals surface area contributed by atoms with Crippen LogP contribution in [0.1, 0.15) is 35.3 Å². The lowest BCUT2D eigenvalue weighted by atomic mass is 10.1. The zero-order valence-corrected chi connectivity index (χ0v) is 20.5. The molecular formula is C26H30FN3O3S. The van der Waals surface area contributed by atoms with Crippen LogP contribution in [0.2, 0.25) is 0 Å². The second kappa shape index (κ2) is 11.2. The zero-order chi connectivity index (χ0) is 24.7. The van der Waals surface area contributed by atoms with E-state index < -0.39 is 15.8 Å². The summed E-state index contributed by atoms with van der Waals surface area (Å²) in [5, 5.41) is 2.88. The molecule has 0 unspecified atom stereocenters. The molecule has 1 amide bonds. The SMILES string of the molecule is CCN(CC)c1ccc(CNC(=O)c2ccc(N(Cc3ccccc3F)S(C)(=O)=O)cc2)cc1. The lowest BCUT2D eigenvalue weighted by Crippen LogP contribution is -2.30. The van der Waals surface area contributed by atoms with Crippen LogP contribution < -0.4 is 14.5 Å². The van der Waals surface area contributed by atoms with Gasteiger partial charge in [0.25, 0.3) is 5.91 Å². The summed E-state index contributed by atoms with van der Waals surface area (Å²) in [5.74, 6) is -0.739. The summed E-state index contributed by atoms with van der Waals surface area (Å²) < 4.78 is 39.9. The predicted octanol–water partition coefficient (Wildman–Crippen LogP) is 4.57. The molecule has 1 N–H and O–H groups in total. The van der Waals surface area contributed by atoms with Gasteiger partial charge in [-0.3, -0.25) is 9.10 Å². The van der Waals surface area contributed by atoms with Gasteiger partial charge in [0.1, 0.15) is 5.82 Å². The summed E-state index contributed by atoms with van der Waals surface area (Å²) in [4.78, 5) is 14.8. The van der Waals surface area contributed by atoms with Gasteiger partial charge in [0.15, 0.2) is 0 Å². The Bertz CT molecular complexity index is 1210. The Hall–Kier alpha value is -3.39. The van der Waals surface area contributed by atoms with Gasteiger partial charge in [0.05, 0.1) is 18.5 Å². The Kier molecular flexibility index (Phi) is 8.28. The number of carbonyl (C=O) groups excluding carboxylic acids is 1. The molecule has 0 aromatic heterocycles. The fourth-order valence-corrected chi connectivity index (χ4v) is 4.54. The molecule has 0 saturated carbocycles. The number of carbonyl (C=O) groups is 1. The summed E-state index contributed by atoms with van der Waals surface area (Å²) >= 11 is 0. The van der Waals surface area contributed by atoms with Crippen LogP contribution in [0.4, 0.5) is 15.8 Å². The summed E-state index contributed by atoms with van der Waals surface area (Å²) in [6, 6.07) is 20.3. The normalized spacial score (nSPS) is 11.2. The Labute approximate surface area is 201 Å². The average molecular weight is 484 g/mol. The standard InChI is InChI=1S/C26H30FN3O3S/c1-4-29(5-2)23-14-10-20(11-15-23)18-28-26(31)21-12-16-24(17-13-21)30(34(3,32)33)19-22-8-6-7-9-25(22)27/h6-17H,4-5,18-19H2,1-3H3,(H,28,31). The summed E-state index contributed by atoms with van der Waals surface area (Å²) in [6.07, 6.45) is 1.07. The first-order chi connectivity index (χ1) is 16.2. The van der Waals surface area contributed by atoms with E-state index in [1.807, 2.05) is 24.3 Å². The van der Waals surface area contributed by atoms with Crippen molar-refractivity contribution in [2.45, 2.75) is 26.9 Å². The maximum Gasteiger partial charge on any atom is 0.251 e. The van der Waals surface area contributed by atoms with E-state index in [0.717, 1.165) is 34.9 Å². The van der Waals surface area contributed by atoms with E-state index in [0.29, 0.717) is 17.8 Å². The summed E-state index contributed by atoms with van der Waals surface area (Å²) in [7, 11) is -3.66. The first kappa shape index (κ1) is 25.2. The van der Waals surface area contributed by atoms with Crippen LogP contribution in [-0.2, 0) is 23.1 Å². The van der Waals surface area contributed by atoms with Gasteiger partial charge in [-0.2, -0.15) is 0 Å². The molecule has 8 heteroatoms. The minimum absolute atomic E-state index is 0.138. The van der Waals surface area contributed by atoms with Crippen molar-refractivity contribution in [3.63, 3.8) is 0 Å². The number of hydrogen-bond donors (Lipinski definition) is 1. The molecule has 180 valence electrons. The molecule has 0 fully saturated rings. The molecule has 0 aliphatic rings. The highest BCUT2D eigenvalue weighted by Gasteiger charge is 2.20. The van der Waals surface area contributed by atoms with Crippen LogP contribution in [0, 0.1) is 5.82 Å². The Morgan fingerprint density at radius 3 is 2.03 bits per heavy atom. The highest BCUT2D eigenvalue weighted by molar-refractivity contribution is 7.92. The van der Waals surface area contributed by atoms with E-state index in [1.54, 1.807) is 42.5 Å². The van der Waals surface area contributed by atoms with E-state index in [1.165, 1.54) is 6.07 Å². The van der Waals surface area contributed by atoms with Crippen molar-refractivity contribution in [1.82, 2.24) is 5.32 Å². The van der Waals surface area contributed by atoms with Crippen molar-refractivity contribution in [2.24, 2.45) is 0 Å². The number of benzene rings is 3. The second-order valence-electron chi connectivity index (χ2n) is 7.93. The number of halogens is 1. The molecule has 0 heterocycles. The maximum absolute atomic E-state index is 14.1. The fraction of sp³-hybridized carbons (Fsp3) is 0.269. The Morgan fingerprint density at radius 1 is 0.882 bits per heavy atom. The largest absolute Gasteiger partial charge is 0.372 e. The fourth-order valence-electron chi connectivity index (χ4n) is 3.66. The molecule has 0 bridgehead atoms. The van der Waals surface area contributed by atoms with Gasteiger partial charge in [-0.15, -0.1) is 0 Å².